The standard InChI is InChI=1S/C17H34O2/c1-16(2,3)15(18)11-7-4-5-8-12-17(19)13-9-6-10-14-17/h15,18-19H,4-14H2,1-3H3. The Balaban J connectivity index is 2.02. The molecule has 0 radical (unpaired) electrons. The van der Waals surface area contributed by atoms with E-state index in [4.69, 9.17) is 0 Å². The summed E-state index contributed by atoms with van der Waals surface area (Å²) < 4.78 is 0. The largest absolute Gasteiger partial charge is 0.393 e. The van der Waals surface area contributed by atoms with E-state index in [-0.39, 0.29) is 17.1 Å². The van der Waals surface area contributed by atoms with Crippen LogP contribution in [0.25, 0.3) is 0 Å². The molecule has 0 spiro atoms. The first kappa shape index (κ1) is 17.0. The third-order valence-electron chi connectivity index (χ3n) is 4.65. The molecule has 2 N–H and O–H groups in total. The van der Waals surface area contributed by atoms with Gasteiger partial charge in [0.05, 0.1) is 11.7 Å². The molecule has 0 heterocycles. The molecular formula is C17H34O2. The van der Waals surface area contributed by atoms with Gasteiger partial charge in [0.15, 0.2) is 0 Å². The highest BCUT2D eigenvalue weighted by Crippen LogP contribution is 2.32. The second kappa shape index (κ2) is 7.64. The predicted octanol–water partition coefficient (Wildman–Crippen LogP) is 4.43. The Morgan fingerprint density at radius 2 is 1.53 bits per heavy atom. The Hall–Kier alpha value is -0.0800. The molecule has 0 aromatic heterocycles. The summed E-state index contributed by atoms with van der Waals surface area (Å²) >= 11 is 0. The Bertz CT molecular complexity index is 236. The molecule has 1 saturated carbocycles. The van der Waals surface area contributed by atoms with Crippen molar-refractivity contribution in [3.05, 3.63) is 0 Å². The molecule has 2 heteroatoms. The van der Waals surface area contributed by atoms with Crippen LogP contribution in [-0.2, 0) is 0 Å². The van der Waals surface area contributed by atoms with Crippen molar-refractivity contribution in [1.82, 2.24) is 0 Å². The molecule has 114 valence electrons. The topological polar surface area (TPSA) is 40.5 Å². The van der Waals surface area contributed by atoms with Gasteiger partial charge in [-0.15, -0.1) is 0 Å². The molecule has 1 aliphatic rings. The van der Waals surface area contributed by atoms with E-state index in [2.05, 4.69) is 20.8 Å². The van der Waals surface area contributed by atoms with Gasteiger partial charge in [-0.05, 0) is 31.1 Å². The molecule has 0 aromatic carbocycles. The Morgan fingerprint density at radius 1 is 0.947 bits per heavy atom. The van der Waals surface area contributed by atoms with Gasteiger partial charge < -0.3 is 10.2 Å². The molecule has 1 fully saturated rings. The second-order valence-electron chi connectivity index (χ2n) is 7.62. The van der Waals surface area contributed by atoms with Crippen molar-refractivity contribution < 1.29 is 10.2 Å². The van der Waals surface area contributed by atoms with Crippen molar-refractivity contribution in [2.75, 3.05) is 0 Å². The maximum Gasteiger partial charge on any atom is 0.0647 e. The summed E-state index contributed by atoms with van der Waals surface area (Å²) in [6.45, 7) is 6.28. The van der Waals surface area contributed by atoms with Crippen molar-refractivity contribution in [2.24, 2.45) is 5.41 Å². The van der Waals surface area contributed by atoms with E-state index in [0.717, 1.165) is 38.5 Å². The lowest BCUT2D eigenvalue weighted by atomic mass is 9.81. The third kappa shape index (κ3) is 6.76. The van der Waals surface area contributed by atoms with E-state index < -0.39 is 0 Å². The smallest absolute Gasteiger partial charge is 0.0647 e. The summed E-state index contributed by atoms with van der Waals surface area (Å²) in [7, 11) is 0. The molecule has 0 aliphatic heterocycles. The molecule has 2 nitrogen and oxygen atoms in total. The Labute approximate surface area is 119 Å². The van der Waals surface area contributed by atoms with Crippen LogP contribution in [0.5, 0.6) is 0 Å². The average Bonchev–Trinajstić information content (AvgIpc) is 2.33. The maximum atomic E-state index is 10.4. The SMILES string of the molecule is CC(C)(C)C(O)CCCCCCC1(O)CCCCC1. The first-order chi connectivity index (χ1) is 8.83. The minimum atomic E-state index is -0.344. The first-order valence-corrected chi connectivity index (χ1v) is 8.24. The summed E-state index contributed by atoms with van der Waals surface area (Å²) in [6.07, 6.45) is 12.1. The van der Waals surface area contributed by atoms with Gasteiger partial charge in [-0.3, -0.25) is 0 Å². The summed E-state index contributed by atoms with van der Waals surface area (Å²) in [6, 6.07) is 0. The highest BCUT2D eigenvalue weighted by atomic mass is 16.3. The number of hydrogen-bond donors (Lipinski definition) is 2. The molecule has 1 atom stereocenters. The molecule has 0 saturated heterocycles. The fourth-order valence-corrected chi connectivity index (χ4v) is 3.04. The van der Waals surface area contributed by atoms with Crippen LogP contribution in [-0.4, -0.2) is 21.9 Å². The van der Waals surface area contributed by atoms with E-state index in [0.29, 0.717) is 0 Å². The van der Waals surface area contributed by atoms with Gasteiger partial charge in [-0.1, -0.05) is 65.7 Å². The fourth-order valence-electron chi connectivity index (χ4n) is 3.04. The lowest BCUT2D eigenvalue weighted by Gasteiger charge is -2.32. The Kier molecular flexibility index (Phi) is 6.82. The second-order valence-corrected chi connectivity index (χ2v) is 7.62. The van der Waals surface area contributed by atoms with Gasteiger partial charge in [0.2, 0.25) is 0 Å². The van der Waals surface area contributed by atoms with Crippen molar-refractivity contribution in [1.29, 1.82) is 0 Å². The van der Waals surface area contributed by atoms with Crippen LogP contribution >= 0.6 is 0 Å². The van der Waals surface area contributed by atoms with E-state index >= 15 is 0 Å². The number of rotatable bonds is 7. The zero-order chi connectivity index (χ0) is 14.4. The quantitative estimate of drug-likeness (QED) is 0.672. The lowest BCUT2D eigenvalue weighted by Crippen LogP contribution is -2.31. The van der Waals surface area contributed by atoms with Gasteiger partial charge in [-0.2, -0.15) is 0 Å². The summed E-state index contributed by atoms with van der Waals surface area (Å²) in [5, 5.41) is 20.3. The van der Waals surface area contributed by atoms with Crippen LogP contribution in [0, 0.1) is 5.41 Å². The molecule has 1 aliphatic carbocycles. The zero-order valence-corrected chi connectivity index (χ0v) is 13.2. The van der Waals surface area contributed by atoms with Gasteiger partial charge in [0.25, 0.3) is 0 Å². The van der Waals surface area contributed by atoms with Crippen LogP contribution in [0.2, 0.25) is 0 Å². The van der Waals surface area contributed by atoms with Crippen molar-refractivity contribution >= 4 is 0 Å². The highest BCUT2D eigenvalue weighted by molar-refractivity contribution is 4.81. The van der Waals surface area contributed by atoms with Crippen LogP contribution in [0.1, 0.15) is 91.4 Å². The van der Waals surface area contributed by atoms with Gasteiger partial charge in [-0.25, -0.2) is 0 Å². The maximum absolute atomic E-state index is 10.4. The van der Waals surface area contributed by atoms with E-state index in [1.165, 1.54) is 32.1 Å². The number of aliphatic hydroxyl groups is 2. The molecule has 0 bridgehead atoms. The van der Waals surface area contributed by atoms with E-state index in [1.54, 1.807) is 0 Å². The molecule has 19 heavy (non-hydrogen) atoms. The van der Waals surface area contributed by atoms with Crippen LogP contribution < -0.4 is 0 Å². The van der Waals surface area contributed by atoms with Crippen molar-refractivity contribution in [3.63, 3.8) is 0 Å². The van der Waals surface area contributed by atoms with Crippen molar-refractivity contribution in [3.8, 4) is 0 Å². The minimum absolute atomic E-state index is 0.0112. The molecular weight excluding hydrogens is 236 g/mol. The lowest BCUT2D eigenvalue weighted by molar-refractivity contribution is -0.00602. The van der Waals surface area contributed by atoms with E-state index in [9.17, 15) is 10.2 Å². The summed E-state index contributed by atoms with van der Waals surface area (Å²) in [4.78, 5) is 0. The molecule has 0 aromatic rings. The normalized spacial score (nSPS) is 21.3. The fraction of sp³-hybridized carbons (Fsp3) is 1.00. The predicted molar refractivity (Wildman–Crippen MR) is 81.2 cm³/mol. The number of hydrogen-bond acceptors (Lipinski definition) is 2. The monoisotopic (exact) mass is 270 g/mol. The van der Waals surface area contributed by atoms with Gasteiger partial charge in [0.1, 0.15) is 0 Å². The number of unbranched alkanes of at least 4 members (excludes halogenated alkanes) is 3. The number of aliphatic hydroxyl groups excluding tert-OH is 1. The molecule has 1 unspecified atom stereocenters. The van der Waals surface area contributed by atoms with Gasteiger partial charge >= 0.3 is 0 Å². The summed E-state index contributed by atoms with van der Waals surface area (Å²) in [5.74, 6) is 0. The minimum Gasteiger partial charge on any atom is -0.393 e. The molecule has 1 rings (SSSR count). The third-order valence-corrected chi connectivity index (χ3v) is 4.65. The van der Waals surface area contributed by atoms with Crippen LogP contribution in [0.15, 0.2) is 0 Å². The van der Waals surface area contributed by atoms with Crippen LogP contribution in [0.4, 0.5) is 0 Å². The highest BCUT2D eigenvalue weighted by Gasteiger charge is 2.28. The zero-order valence-electron chi connectivity index (χ0n) is 13.2. The van der Waals surface area contributed by atoms with E-state index in [1.807, 2.05) is 0 Å². The average molecular weight is 270 g/mol. The van der Waals surface area contributed by atoms with Crippen molar-refractivity contribution in [2.45, 2.75) is 103 Å². The van der Waals surface area contributed by atoms with Crippen LogP contribution in [0.3, 0.4) is 0 Å². The Morgan fingerprint density at radius 3 is 2.11 bits per heavy atom. The first-order valence-electron chi connectivity index (χ1n) is 8.24. The summed E-state index contributed by atoms with van der Waals surface area (Å²) in [5.41, 5.74) is -0.333. The van der Waals surface area contributed by atoms with Gasteiger partial charge in [0, 0.05) is 0 Å². The molecule has 0 amide bonds.